The summed E-state index contributed by atoms with van der Waals surface area (Å²) in [7, 11) is 3.18. The van der Waals surface area contributed by atoms with Crippen LogP contribution in [0.25, 0.3) is 10.9 Å². The van der Waals surface area contributed by atoms with E-state index in [0.717, 1.165) is 5.39 Å². The highest BCUT2D eigenvalue weighted by Crippen LogP contribution is 2.38. The second-order valence-corrected chi connectivity index (χ2v) is 7.47. The Labute approximate surface area is 203 Å². The number of nitro groups is 1. The molecule has 2 aromatic heterocycles. The maximum absolute atomic E-state index is 12.5. The van der Waals surface area contributed by atoms with Gasteiger partial charge in [0.2, 0.25) is 0 Å². The Kier molecular flexibility index (Phi) is 8.29. The molecule has 1 unspecified atom stereocenters. The van der Waals surface area contributed by atoms with Crippen LogP contribution < -0.4 is 10.1 Å². The zero-order valence-electron chi connectivity index (χ0n) is 20.0. The molecule has 0 aliphatic carbocycles. The summed E-state index contributed by atoms with van der Waals surface area (Å²) in [5.74, 6) is 0.826. The fourth-order valence-electron chi connectivity index (χ4n) is 3.40. The van der Waals surface area contributed by atoms with Crippen LogP contribution in [0.3, 0.4) is 0 Å². The van der Waals surface area contributed by atoms with E-state index in [9.17, 15) is 14.9 Å². The summed E-state index contributed by atoms with van der Waals surface area (Å²) in [6.07, 6.45) is 2.69. The number of carbonyl (C=O) groups is 1. The third-order valence-corrected chi connectivity index (χ3v) is 5.00. The van der Waals surface area contributed by atoms with E-state index < -0.39 is 17.1 Å². The van der Waals surface area contributed by atoms with Crippen molar-refractivity contribution in [3.8, 4) is 5.75 Å². The van der Waals surface area contributed by atoms with Gasteiger partial charge in [0.15, 0.2) is 5.75 Å². The molecule has 0 saturated carbocycles. The number of anilines is 1. The van der Waals surface area contributed by atoms with Crippen LogP contribution in [-0.2, 0) is 0 Å². The van der Waals surface area contributed by atoms with Crippen molar-refractivity contribution in [3.63, 3.8) is 0 Å². The van der Waals surface area contributed by atoms with Crippen LogP contribution in [0.15, 0.2) is 79.1 Å². The predicted molar refractivity (Wildman–Crippen MR) is 136 cm³/mol. The number of rotatable bonds is 6. The summed E-state index contributed by atoms with van der Waals surface area (Å²) in [4.78, 5) is 33.6. The standard InChI is InChI=1S/C24H21N5O4.C2H6/c1-28(2)24(30)33-23-19(12-11-16-8-6-14-26-22(16)23)21(27-20-10-3-4-13-25-20)17-7-5-9-18(15-17)29(31)32;1-2/h3-15,21H,1-2H3,(H,25,27);1-2H3. The van der Waals surface area contributed by atoms with Crippen LogP contribution in [0.4, 0.5) is 16.3 Å². The molecule has 0 fully saturated rings. The van der Waals surface area contributed by atoms with Gasteiger partial charge in [-0.3, -0.25) is 15.1 Å². The van der Waals surface area contributed by atoms with Crippen LogP contribution in [0, 0.1) is 10.1 Å². The van der Waals surface area contributed by atoms with Crippen LogP contribution in [-0.4, -0.2) is 40.0 Å². The Hall–Kier alpha value is -4.53. The topological polar surface area (TPSA) is 110 Å². The van der Waals surface area contributed by atoms with E-state index in [2.05, 4.69) is 15.3 Å². The number of aromatic nitrogens is 2. The van der Waals surface area contributed by atoms with Crippen LogP contribution in [0.5, 0.6) is 5.75 Å². The lowest BCUT2D eigenvalue weighted by Crippen LogP contribution is -2.26. The Balaban J connectivity index is 0.00000167. The predicted octanol–water partition coefficient (Wildman–Crippen LogP) is 5.83. The van der Waals surface area contributed by atoms with Gasteiger partial charge in [-0.25, -0.2) is 9.78 Å². The van der Waals surface area contributed by atoms with Gasteiger partial charge in [0.25, 0.3) is 5.69 Å². The maximum atomic E-state index is 12.5. The van der Waals surface area contributed by atoms with E-state index >= 15 is 0 Å². The molecule has 0 aliphatic heterocycles. The van der Waals surface area contributed by atoms with E-state index in [-0.39, 0.29) is 11.4 Å². The Morgan fingerprint density at radius 1 is 1.00 bits per heavy atom. The van der Waals surface area contributed by atoms with Gasteiger partial charge in [0, 0.05) is 49.6 Å². The maximum Gasteiger partial charge on any atom is 0.414 e. The van der Waals surface area contributed by atoms with Gasteiger partial charge < -0.3 is 15.0 Å². The molecular weight excluding hydrogens is 446 g/mol. The lowest BCUT2D eigenvalue weighted by atomic mass is 9.95. The largest absolute Gasteiger partial charge is 0.414 e. The Morgan fingerprint density at radius 2 is 1.77 bits per heavy atom. The summed E-state index contributed by atoms with van der Waals surface area (Å²) in [5, 5.41) is 15.5. The molecule has 0 saturated heterocycles. The van der Waals surface area contributed by atoms with Crippen LogP contribution >= 0.6 is 0 Å². The fraction of sp³-hybridized carbons (Fsp3) is 0.192. The number of nitrogens with zero attached hydrogens (tertiary/aromatic N) is 4. The molecule has 180 valence electrons. The zero-order chi connectivity index (χ0) is 25.4. The van der Waals surface area contributed by atoms with Crippen LogP contribution in [0.1, 0.15) is 31.0 Å². The Bertz CT molecular complexity index is 1310. The third-order valence-electron chi connectivity index (χ3n) is 5.00. The molecule has 4 aromatic rings. The van der Waals surface area contributed by atoms with E-state index in [1.807, 2.05) is 38.1 Å². The number of hydrogen-bond donors (Lipinski definition) is 1. The number of nitrogens with one attached hydrogen (secondary N) is 1. The van der Waals surface area contributed by atoms with Gasteiger partial charge in [0.1, 0.15) is 11.3 Å². The van der Waals surface area contributed by atoms with Crippen molar-refractivity contribution in [1.82, 2.24) is 14.9 Å². The van der Waals surface area contributed by atoms with Gasteiger partial charge in [-0.2, -0.15) is 0 Å². The summed E-state index contributed by atoms with van der Waals surface area (Å²) in [6.45, 7) is 4.00. The highest BCUT2D eigenvalue weighted by atomic mass is 16.6. The molecule has 0 aliphatic rings. The average molecular weight is 474 g/mol. The van der Waals surface area contributed by atoms with Crippen molar-refractivity contribution < 1.29 is 14.5 Å². The van der Waals surface area contributed by atoms with E-state index in [1.54, 1.807) is 56.8 Å². The molecule has 0 radical (unpaired) electrons. The Morgan fingerprint density at radius 3 is 2.46 bits per heavy atom. The quantitative estimate of drug-likeness (QED) is 0.277. The monoisotopic (exact) mass is 473 g/mol. The number of non-ortho nitro benzene ring substituents is 1. The lowest BCUT2D eigenvalue weighted by molar-refractivity contribution is -0.384. The second-order valence-electron chi connectivity index (χ2n) is 7.47. The first-order chi connectivity index (χ1) is 16.9. The number of fused-ring (bicyclic) bond motifs is 1. The number of pyridine rings is 2. The molecule has 1 N–H and O–H groups in total. The number of carbonyl (C=O) groups excluding carboxylic acids is 1. The molecule has 0 spiro atoms. The van der Waals surface area contributed by atoms with Crippen molar-refractivity contribution in [1.29, 1.82) is 0 Å². The molecule has 9 nitrogen and oxygen atoms in total. The number of hydrogen-bond acceptors (Lipinski definition) is 7. The molecule has 4 rings (SSSR count). The zero-order valence-corrected chi connectivity index (χ0v) is 20.0. The fourth-order valence-corrected chi connectivity index (χ4v) is 3.40. The average Bonchev–Trinajstić information content (AvgIpc) is 2.89. The van der Waals surface area contributed by atoms with Gasteiger partial charge in [-0.1, -0.05) is 50.2 Å². The van der Waals surface area contributed by atoms with Crippen LogP contribution in [0.2, 0.25) is 0 Å². The van der Waals surface area contributed by atoms with Crippen molar-refractivity contribution in [2.75, 3.05) is 19.4 Å². The molecule has 35 heavy (non-hydrogen) atoms. The third kappa shape index (κ3) is 5.89. The molecule has 1 amide bonds. The number of benzene rings is 2. The molecule has 2 heterocycles. The number of amides is 1. The molecule has 2 aromatic carbocycles. The molecule has 0 bridgehead atoms. The van der Waals surface area contributed by atoms with E-state index in [1.165, 1.54) is 17.0 Å². The summed E-state index contributed by atoms with van der Waals surface area (Å²) in [6, 6.07) is 18.4. The lowest BCUT2D eigenvalue weighted by Gasteiger charge is -2.24. The first-order valence-corrected chi connectivity index (χ1v) is 11.1. The molecule has 9 heteroatoms. The van der Waals surface area contributed by atoms with Crippen molar-refractivity contribution in [2.45, 2.75) is 19.9 Å². The minimum Gasteiger partial charge on any atom is -0.407 e. The summed E-state index contributed by atoms with van der Waals surface area (Å²) in [5.41, 5.74) is 1.64. The smallest absolute Gasteiger partial charge is 0.407 e. The van der Waals surface area contributed by atoms with Crippen molar-refractivity contribution in [3.05, 3.63) is 100 Å². The SMILES string of the molecule is CC.CN(C)C(=O)Oc1c(C(Nc2ccccn2)c2cccc([N+](=O)[O-])c2)ccc2cccnc12. The minimum atomic E-state index is -0.615. The first-order valence-electron chi connectivity index (χ1n) is 11.1. The number of nitro benzene ring substituents is 1. The second kappa shape index (κ2) is 11.6. The van der Waals surface area contributed by atoms with Gasteiger partial charge >= 0.3 is 6.09 Å². The highest BCUT2D eigenvalue weighted by Gasteiger charge is 2.25. The van der Waals surface area contributed by atoms with E-state index in [4.69, 9.17) is 4.74 Å². The summed E-state index contributed by atoms with van der Waals surface area (Å²) < 4.78 is 5.77. The van der Waals surface area contributed by atoms with Gasteiger partial charge in [0.05, 0.1) is 11.0 Å². The normalized spacial score (nSPS) is 11.1. The van der Waals surface area contributed by atoms with Gasteiger partial charge in [-0.15, -0.1) is 0 Å². The summed E-state index contributed by atoms with van der Waals surface area (Å²) >= 11 is 0. The molecular formula is C26H27N5O4. The number of ether oxygens (including phenoxy) is 1. The minimum absolute atomic E-state index is 0.0499. The molecule has 1 atom stereocenters. The van der Waals surface area contributed by atoms with Gasteiger partial charge in [-0.05, 0) is 23.8 Å². The van der Waals surface area contributed by atoms with Crippen molar-refractivity contribution >= 4 is 28.5 Å². The van der Waals surface area contributed by atoms with Crippen molar-refractivity contribution in [2.24, 2.45) is 0 Å². The van der Waals surface area contributed by atoms with E-state index in [0.29, 0.717) is 22.5 Å². The highest BCUT2D eigenvalue weighted by molar-refractivity contribution is 5.88. The first kappa shape index (κ1) is 25.1.